The Balaban J connectivity index is 1.77. The molecular weight excluding hydrogens is 282 g/mol. The van der Waals surface area contributed by atoms with Gasteiger partial charge in [-0.05, 0) is 19.1 Å². The molecule has 2 aromatic carbocycles. The van der Waals surface area contributed by atoms with Crippen LogP contribution in [0.5, 0.6) is 0 Å². The first kappa shape index (κ1) is 13.7. The van der Waals surface area contributed by atoms with Gasteiger partial charge in [0.1, 0.15) is 0 Å². The van der Waals surface area contributed by atoms with Crippen molar-refractivity contribution in [1.29, 1.82) is 0 Å². The Hall–Kier alpha value is -3.22. The Bertz CT molecular complexity index is 836. The molecule has 1 heterocycles. The van der Waals surface area contributed by atoms with Crippen LogP contribution in [0.1, 0.15) is 11.1 Å². The lowest BCUT2D eigenvalue weighted by molar-refractivity contribution is -0.385. The zero-order valence-electron chi connectivity index (χ0n) is 11.8. The number of anilines is 1. The largest absolute Gasteiger partial charge is 0.323 e. The highest BCUT2D eigenvalue weighted by Crippen LogP contribution is 2.18. The van der Waals surface area contributed by atoms with Crippen molar-refractivity contribution in [3.05, 3.63) is 63.7 Å². The number of nitrogens with one attached hydrogen (secondary N) is 2. The van der Waals surface area contributed by atoms with Gasteiger partial charge in [0, 0.05) is 17.2 Å². The van der Waals surface area contributed by atoms with E-state index < -0.39 is 4.92 Å². The van der Waals surface area contributed by atoms with Crippen molar-refractivity contribution in [2.75, 3.05) is 5.43 Å². The number of hydrazone groups is 1. The Labute approximate surface area is 125 Å². The fraction of sp³-hybridized carbons (Fsp3) is 0.0667. The molecular formula is C15H13N5O2. The molecule has 3 aromatic rings. The van der Waals surface area contributed by atoms with Crippen molar-refractivity contribution >= 4 is 28.9 Å². The summed E-state index contributed by atoms with van der Waals surface area (Å²) in [6.07, 6.45) is 1.51. The lowest BCUT2D eigenvalue weighted by Crippen LogP contribution is -1.95. The van der Waals surface area contributed by atoms with E-state index in [4.69, 9.17) is 0 Å². The second-order valence-corrected chi connectivity index (χ2v) is 4.78. The van der Waals surface area contributed by atoms with E-state index in [2.05, 4.69) is 20.5 Å². The third-order valence-electron chi connectivity index (χ3n) is 3.20. The summed E-state index contributed by atoms with van der Waals surface area (Å²) in [5.41, 5.74) is 5.86. The molecule has 0 atom stereocenters. The quantitative estimate of drug-likeness (QED) is 0.439. The number of imidazole rings is 1. The number of para-hydroxylation sites is 2. The zero-order valence-corrected chi connectivity index (χ0v) is 11.8. The van der Waals surface area contributed by atoms with Crippen LogP contribution < -0.4 is 5.43 Å². The van der Waals surface area contributed by atoms with Gasteiger partial charge < -0.3 is 4.98 Å². The first-order valence-corrected chi connectivity index (χ1v) is 6.62. The van der Waals surface area contributed by atoms with Gasteiger partial charge in [-0.15, -0.1) is 0 Å². The summed E-state index contributed by atoms with van der Waals surface area (Å²) in [5.74, 6) is 0.513. The van der Waals surface area contributed by atoms with Crippen LogP contribution in [0.2, 0.25) is 0 Å². The van der Waals surface area contributed by atoms with Crippen molar-refractivity contribution < 1.29 is 4.92 Å². The number of rotatable bonds is 4. The Morgan fingerprint density at radius 2 is 2.14 bits per heavy atom. The summed E-state index contributed by atoms with van der Waals surface area (Å²) in [6.45, 7) is 1.70. The van der Waals surface area contributed by atoms with Crippen LogP contribution in [0.4, 0.5) is 11.6 Å². The first-order valence-electron chi connectivity index (χ1n) is 6.62. The number of aromatic nitrogens is 2. The number of fused-ring (bicyclic) bond motifs is 1. The van der Waals surface area contributed by atoms with Gasteiger partial charge in [0.2, 0.25) is 5.95 Å². The maximum atomic E-state index is 10.9. The predicted molar refractivity (Wildman–Crippen MR) is 85.1 cm³/mol. The summed E-state index contributed by atoms with van der Waals surface area (Å²) in [6, 6.07) is 12.6. The Kier molecular flexibility index (Phi) is 3.53. The maximum absolute atomic E-state index is 10.9. The van der Waals surface area contributed by atoms with E-state index in [0.29, 0.717) is 17.1 Å². The molecule has 1 aromatic heterocycles. The molecule has 0 aliphatic heterocycles. The minimum atomic E-state index is -0.403. The number of nitro benzene ring substituents is 1. The van der Waals surface area contributed by atoms with E-state index in [0.717, 1.165) is 11.0 Å². The van der Waals surface area contributed by atoms with Crippen molar-refractivity contribution in [2.45, 2.75) is 6.92 Å². The topological polar surface area (TPSA) is 96.2 Å². The standard InChI is InChI=1S/C15H13N5O2/c1-10-6-7-11(8-14(10)20(21)22)9-16-19-15-17-12-4-2-3-5-13(12)18-15/h2-9H,1H3,(H2,17,18,19). The number of H-pyrrole nitrogens is 1. The lowest BCUT2D eigenvalue weighted by Gasteiger charge is -1.98. The molecule has 0 saturated heterocycles. The van der Waals surface area contributed by atoms with Crippen LogP contribution in [0.15, 0.2) is 47.6 Å². The molecule has 2 N–H and O–H groups in total. The number of hydrogen-bond donors (Lipinski definition) is 2. The summed E-state index contributed by atoms with van der Waals surface area (Å²) < 4.78 is 0. The smallest absolute Gasteiger partial charge is 0.272 e. The molecule has 0 saturated carbocycles. The molecule has 0 aliphatic rings. The predicted octanol–water partition coefficient (Wildman–Crippen LogP) is 3.23. The maximum Gasteiger partial charge on any atom is 0.272 e. The normalized spacial score (nSPS) is 11.1. The average molecular weight is 295 g/mol. The minimum Gasteiger partial charge on any atom is -0.323 e. The SMILES string of the molecule is Cc1ccc(C=NNc2nc3ccccc3[nH]2)cc1[N+](=O)[O-]. The van der Waals surface area contributed by atoms with Crippen LogP contribution in [0.25, 0.3) is 11.0 Å². The molecule has 110 valence electrons. The van der Waals surface area contributed by atoms with Gasteiger partial charge >= 0.3 is 0 Å². The molecule has 7 nitrogen and oxygen atoms in total. The van der Waals surface area contributed by atoms with Crippen LogP contribution in [0.3, 0.4) is 0 Å². The zero-order chi connectivity index (χ0) is 15.5. The van der Waals surface area contributed by atoms with Crippen LogP contribution >= 0.6 is 0 Å². The van der Waals surface area contributed by atoms with Gasteiger partial charge in [0.15, 0.2) is 0 Å². The number of aryl methyl sites for hydroxylation is 1. The number of nitro groups is 1. The Morgan fingerprint density at radius 3 is 2.91 bits per heavy atom. The van der Waals surface area contributed by atoms with E-state index in [1.165, 1.54) is 12.3 Å². The molecule has 0 aliphatic carbocycles. The summed E-state index contributed by atoms with van der Waals surface area (Å²) in [7, 11) is 0. The van der Waals surface area contributed by atoms with E-state index in [-0.39, 0.29) is 5.69 Å². The fourth-order valence-corrected chi connectivity index (χ4v) is 2.08. The molecule has 0 amide bonds. The number of hydrogen-bond acceptors (Lipinski definition) is 5. The van der Waals surface area contributed by atoms with Gasteiger partial charge in [-0.2, -0.15) is 5.10 Å². The highest BCUT2D eigenvalue weighted by atomic mass is 16.6. The van der Waals surface area contributed by atoms with Gasteiger partial charge in [-0.1, -0.05) is 24.3 Å². The first-order chi connectivity index (χ1) is 10.6. The van der Waals surface area contributed by atoms with Gasteiger partial charge in [0.05, 0.1) is 22.2 Å². The monoisotopic (exact) mass is 295 g/mol. The van der Waals surface area contributed by atoms with E-state index in [1.807, 2.05) is 24.3 Å². The molecule has 22 heavy (non-hydrogen) atoms. The van der Waals surface area contributed by atoms with Crippen LogP contribution in [0, 0.1) is 17.0 Å². The molecule has 3 rings (SSSR count). The van der Waals surface area contributed by atoms with Crippen molar-refractivity contribution in [3.63, 3.8) is 0 Å². The molecule has 0 bridgehead atoms. The fourth-order valence-electron chi connectivity index (χ4n) is 2.08. The van der Waals surface area contributed by atoms with Gasteiger partial charge in [-0.3, -0.25) is 10.1 Å². The van der Waals surface area contributed by atoms with Crippen molar-refractivity contribution in [3.8, 4) is 0 Å². The van der Waals surface area contributed by atoms with Crippen LogP contribution in [-0.4, -0.2) is 21.1 Å². The van der Waals surface area contributed by atoms with Crippen LogP contribution in [-0.2, 0) is 0 Å². The average Bonchev–Trinajstić information content (AvgIpc) is 2.91. The lowest BCUT2D eigenvalue weighted by atomic mass is 10.1. The van der Waals surface area contributed by atoms with Gasteiger partial charge in [-0.25, -0.2) is 10.4 Å². The molecule has 0 fully saturated rings. The molecule has 0 radical (unpaired) electrons. The van der Waals surface area contributed by atoms with Crippen molar-refractivity contribution in [2.24, 2.45) is 5.10 Å². The Morgan fingerprint density at radius 1 is 1.32 bits per heavy atom. The molecule has 0 spiro atoms. The van der Waals surface area contributed by atoms with Crippen molar-refractivity contribution in [1.82, 2.24) is 9.97 Å². The molecule has 0 unspecified atom stereocenters. The number of nitrogens with zero attached hydrogens (tertiary/aromatic N) is 3. The minimum absolute atomic E-state index is 0.0766. The van der Waals surface area contributed by atoms with E-state index in [9.17, 15) is 10.1 Å². The third kappa shape index (κ3) is 2.78. The second-order valence-electron chi connectivity index (χ2n) is 4.78. The number of aromatic amines is 1. The third-order valence-corrected chi connectivity index (χ3v) is 3.20. The number of benzene rings is 2. The van der Waals surface area contributed by atoms with E-state index in [1.54, 1.807) is 19.1 Å². The highest BCUT2D eigenvalue weighted by Gasteiger charge is 2.09. The summed E-state index contributed by atoms with van der Waals surface area (Å²) in [5, 5.41) is 14.9. The second kappa shape index (κ2) is 5.65. The highest BCUT2D eigenvalue weighted by molar-refractivity contribution is 5.82. The molecule has 7 heteroatoms. The summed E-state index contributed by atoms with van der Waals surface area (Å²) >= 11 is 0. The summed E-state index contributed by atoms with van der Waals surface area (Å²) in [4.78, 5) is 17.9. The van der Waals surface area contributed by atoms with E-state index >= 15 is 0 Å². The van der Waals surface area contributed by atoms with Gasteiger partial charge in [0.25, 0.3) is 5.69 Å².